The van der Waals surface area contributed by atoms with Gasteiger partial charge in [0.15, 0.2) is 6.10 Å². The minimum atomic E-state index is -0.546. The zero-order valence-electron chi connectivity index (χ0n) is 44.2. The predicted octanol–water partition coefficient (Wildman–Crippen LogP) is 19.7. The Morgan fingerprint density at radius 2 is 0.636 bits per heavy atom. The van der Waals surface area contributed by atoms with E-state index in [4.69, 9.17) is 14.2 Å². The van der Waals surface area contributed by atoms with Crippen molar-refractivity contribution >= 4 is 11.9 Å². The maximum atomic E-state index is 12.9. The summed E-state index contributed by atoms with van der Waals surface area (Å²) in [4.78, 5) is 25.5. The number of unbranched alkanes of at least 4 members (excludes halogenated alkanes) is 32. The zero-order chi connectivity index (χ0) is 47.7. The van der Waals surface area contributed by atoms with Gasteiger partial charge in [0.25, 0.3) is 0 Å². The Labute approximate surface area is 411 Å². The molecular formula is C61H110O5. The van der Waals surface area contributed by atoms with Crippen molar-refractivity contribution in [3.05, 3.63) is 60.8 Å². The van der Waals surface area contributed by atoms with Crippen LogP contribution in [-0.2, 0) is 23.8 Å². The van der Waals surface area contributed by atoms with Crippen molar-refractivity contribution < 1.29 is 23.8 Å². The maximum Gasteiger partial charge on any atom is 0.306 e. The molecule has 5 heteroatoms. The number of carbonyl (C=O) groups is 2. The van der Waals surface area contributed by atoms with E-state index in [0.717, 1.165) is 57.8 Å². The lowest BCUT2D eigenvalue weighted by molar-refractivity contribution is -0.163. The first-order valence-electron chi connectivity index (χ1n) is 28.8. The average Bonchev–Trinajstić information content (AvgIpc) is 3.32. The summed E-state index contributed by atoms with van der Waals surface area (Å²) in [7, 11) is 0. The monoisotopic (exact) mass is 923 g/mol. The molecule has 66 heavy (non-hydrogen) atoms. The maximum absolute atomic E-state index is 12.9. The van der Waals surface area contributed by atoms with Gasteiger partial charge in [0.1, 0.15) is 6.61 Å². The average molecular weight is 924 g/mol. The van der Waals surface area contributed by atoms with E-state index in [1.807, 2.05) is 0 Å². The summed E-state index contributed by atoms with van der Waals surface area (Å²) in [5.41, 5.74) is 0. The van der Waals surface area contributed by atoms with Crippen molar-refractivity contribution in [1.29, 1.82) is 0 Å². The fourth-order valence-corrected chi connectivity index (χ4v) is 8.15. The van der Waals surface area contributed by atoms with Crippen LogP contribution in [0.1, 0.15) is 290 Å². The molecule has 0 N–H and O–H groups in total. The molecule has 1 atom stereocenters. The van der Waals surface area contributed by atoms with E-state index in [-0.39, 0.29) is 25.2 Å². The van der Waals surface area contributed by atoms with Crippen LogP contribution in [0, 0.1) is 0 Å². The van der Waals surface area contributed by atoms with Crippen molar-refractivity contribution in [2.45, 2.75) is 297 Å². The smallest absolute Gasteiger partial charge is 0.306 e. The van der Waals surface area contributed by atoms with Crippen LogP contribution in [0.15, 0.2) is 60.8 Å². The number of ether oxygens (including phenoxy) is 3. The molecule has 0 heterocycles. The minimum absolute atomic E-state index is 0.0780. The van der Waals surface area contributed by atoms with Gasteiger partial charge in [-0.05, 0) is 109 Å². The first kappa shape index (κ1) is 63.6. The lowest BCUT2D eigenvalue weighted by Gasteiger charge is -2.18. The van der Waals surface area contributed by atoms with Crippen LogP contribution < -0.4 is 0 Å². The predicted molar refractivity (Wildman–Crippen MR) is 288 cm³/mol. The second-order valence-electron chi connectivity index (χ2n) is 19.2. The molecule has 0 saturated heterocycles. The van der Waals surface area contributed by atoms with Crippen LogP contribution in [0.2, 0.25) is 0 Å². The summed E-state index contributed by atoms with van der Waals surface area (Å²) in [6.07, 6.45) is 72.3. The third-order valence-electron chi connectivity index (χ3n) is 12.5. The van der Waals surface area contributed by atoms with Crippen LogP contribution in [0.25, 0.3) is 0 Å². The van der Waals surface area contributed by atoms with Crippen molar-refractivity contribution in [2.24, 2.45) is 0 Å². The number of carbonyl (C=O) groups excluding carboxylic acids is 2. The van der Waals surface area contributed by atoms with E-state index in [2.05, 4.69) is 81.5 Å². The van der Waals surface area contributed by atoms with E-state index in [9.17, 15) is 9.59 Å². The quantitative estimate of drug-likeness (QED) is 0.0346. The molecule has 5 nitrogen and oxygen atoms in total. The normalized spacial score (nSPS) is 12.6. The highest BCUT2D eigenvalue weighted by molar-refractivity contribution is 5.70. The van der Waals surface area contributed by atoms with Crippen LogP contribution in [0.5, 0.6) is 0 Å². The van der Waals surface area contributed by atoms with Crippen molar-refractivity contribution in [3.63, 3.8) is 0 Å². The van der Waals surface area contributed by atoms with E-state index in [1.165, 1.54) is 199 Å². The Hall–Kier alpha value is -2.40. The molecule has 0 saturated carbocycles. The Morgan fingerprint density at radius 1 is 0.333 bits per heavy atom. The van der Waals surface area contributed by atoms with Crippen LogP contribution in [0.4, 0.5) is 0 Å². The number of rotatable bonds is 53. The summed E-state index contributed by atoms with van der Waals surface area (Å²) in [5.74, 6) is -0.404. The Bertz CT molecular complexity index is 1130. The summed E-state index contributed by atoms with van der Waals surface area (Å²) < 4.78 is 17.5. The first-order chi connectivity index (χ1) is 32.6. The molecule has 0 aromatic rings. The van der Waals surface area contributed by atoms with Crippen molar-refractivity contribution in [1.82, 2.24) is 0 Å². The standard InChI is InChI=1S/C61H110O5/c1-4-7-10-13-16-19-22-25-28-30-31-33-34-36-39-42-45-48-51-54-60(62)65-58-59(57-64-56-53-50-47-44-41-38-27-24-21-18-15-12-9-6-3)66-61(63)55-52-49-46-43-40-37-35-32-29-26-23-20-17-14-11-8-5-2/h16-17,19-21,24-26,28-29,59H,4-15,18,22-23,27,30-58H2,1-3H3/b19-16-,20-17-,24-21-,28-25-,29-26-. The third-order valence-corrected chi connectivity index (χ3v) is 12.5. The first-order valence-corrected chi connectivity index (χ1v) is 28.8. The number of hydrogen-bond donors (Lipinski definition) is 0. The lowest BCUT2D eigenvalue weighted by Crippen LogP contribution is -2.30. The van der Waals surface area contributed by atoms with Gasteiger partial charge in [0.05, 0.1) is 6.61 Å². The van der Waals surface area contributed by atoms with Gasteiger partial charge in [-0.15, -0.1) is 0 Å². The molecule has 0 aliphatic heterocycles. The fourth-order valence-electron chi connectivity index (χ4n) is 8.15. The summed E-state index contributed by atoms with van der Waals surface area (Å²) >= 11 is 0. The van der Waals surface area contributed by atoms with Gasteiger partial charge in [0.2, 0.25) is 0 Å². The highest BCUT2D eigenvalue weighted by Crippen LogP contribution is 2.15. The molecule has 0 fully saturated rings. The Morgan fingerprint density at radius 3 is 1.05 bits per heavy atom. The van der Waals surface area contributed by atoms with Crippen molar-refractivity contribution in [2.75, 3.05) is 19.8 Å². The van der Waals surface area contributed by atoms with Crippen molar-refractivity contribution in [3.8, 4) is 0 Å². The largest absolute Gasteiger partial charge is 0.462 e. The molecular weight excluding hydrogens is 813 g/mol. The molecule has 0 aliphatic carbocycles. The van der Waals surface area contributed by atoms with Gasteiger partial charge in [-0.25, -0.2) is 0 Å². The highest BCUT2D eigenvalue weighted by atomic mass is 16.6. The summed E-state index contributed by atoms with van der Waals surface area (Å²) in [6.45, 7) is 7.78. The molecule has 0 spiro atoms. The molecule has 0 rings (SSSR count). The second-order valence-corrected chi connectivity index (χ2v) is 19.2. The molecule has 0 amide bonds. The Kier molecular flexibility index (Phi) is 54.9. The second kappa shape index (κ2) is 56.9. The fraction of sp³-hybridized carbons (Fsp3) is 0.803. The van der Waals surface area contributed by atoms with Crippen LogP contribution in [0.3, 0.4) is 0 Å². The van der Waals surface area contributed by atoms with Gasteiger partial charge in [-0.2, -0.15) is 0 Å². The topological polar surface area (TPSA) is 61.8 Å². The SMILES string of the molecule is CCCCC/C=C\C/C=C\CCCCCCCCCCCC(=O)OCC(COCCCCCCCC/C=C\CCCCCC)OC(=O)CCCCCCCCC/C=C\C/C=C\CCCCC. The highest BCUT2D eigenvalue weighted by Gasteiger charge is 2.17. The molecule has 0 aliphatic rings. The van der Waals surface area contributed by atoms with E-state index >= 15 is 0 Å². The molecule has 1 unspecified atom stereocenters. The van der Waals surface area contributed by atoms with Crippen LogP contribution in [-0.4, -0.2) is 37.9 Å². The minimum Gasteiger partial charge on any atom is -0.462 e. The van der Waals surface area contributed by atoms with Gasteiger partial charge >= 0.3 is 11.9 Å². The zero-order valence-corrected chi connectivity index (χ0v) is 44.2. The number of hydrogen-bond acceptors (Lipinski definition) is 5. The number of esters is 2. The molecule has 0 bridgehead atoms. The Balaban J connectivity index is 4.27. The van der Waals surface area contributed by atoms with E-state index in [0.29, 0.717) is 19.4 Å². The van der Waals surface area contributed by atoms with Crippen LogP contribution >= 0.6 is 0 Å². The van der Waals surface area contributed by atoms with Gasteiger partial charge in [-0.1, -0.05) is 229 Å². The van der Waals surface area contributed by atoms with E-state index in [1.54, 1.807) is 0 Å². The summed E-state index contributed by atoms with van der Waals surface area (Å²) in [6, 6.07) is 0. The molecule has 0 aromatic heterocycles. The van der Waals surface area contributed by atoms with Gasteiger partial charge in [-0.3, -0.25) is 9.59 Å². The van der Waals surface area contributed by atoms with E-state index < -0.39 is 6.10 Å². The third kappa shape index (κ3) is 54.2. The summed E-state index contributed by atoms with van der Waals surface area (Å²) in [5, 5.41) is 0. The molecule has 0 radical (unpaired) electrons. The number of allylic oxidation sites excluding steroid dienone is 10. The van der Waals surface area contributed by atoms with Gasteiger partial charge in [0, 0.05) is 19.4 Å². The lowest BCUT2D eigenvalue weighted by atomic mass is 10.1. The molecule has 384 valence electrons. The molecule has 0 aromatic carbocycles. The van der Waals surface area contributed by atoms with Gasteiger partial charge < -0.3 is 14.2 Å².